The van der Waals surface area contributed by atoms with Crippen LogP contribution in [0.25, 0.3) is 0 Å². The fourth-order valence-corrected chi connectivity index (χ4v) is 2.37. The largest absolute Gasteiger partial charge is 0.353 e. The molecule has 0 aliphatic heterocycles. The van der Waals surface area contributed by atoms with Crippen LogP contribution in [0.3, 0.4) is 0 Å². The summed E-state index contributed by atoms with van der Waals surface area (Å²) in [5.41, 5.74) is -0.798. The molecule has 0 amide bonds. The molecule has 3 aromatic rings. The minimum Gasteiger partial charge on any atom is -0.332 e. The second-order valence-corrected chi connectivity index (χ2v) is 5.28. The van der Waals surface area contributed by atoms with E-state index in [1.165, 1.54) is 17.5 Å². The van der Waals surface area contributed by atoms with Gasteiger partial charge in [-0.2, -0.15) is 0 Å². The lowest BCUT2D eigenvalue weighted by Crippen LogP contribution is -2.06. The van der Waals surface area contributed by atoms with E-state index in [4.69, 9.17) is 0 Å². The summed E-state index contributed by atoms with van der Waals surface area (Å²) in [4.78, 5) is 22.2. The summed E-state index contributed by atoms with van der Waals surface area (Å²) in [6, 6.07) is 2.71. The minimum absolute atomic E-state index is 0.121. The molecule has 8 nitrogen and oxygen atoms in total. The smallest absolute Gasteiger partial charge is 0.332 e. The molecule has 0 aliphatic rings. The number of benzene rings is 1. The lowest BCUT2D eigenvalue weighted by Gasteiger charge is -2.09. The van der Waals surface area contributed by atoms with Crippen LogP contribution in [0.5, 0.6) is 0 Å². The van der Waals surface area contributed by atoms with E-state index >= 15 is 0 Å². The van der Waals surface area contributed by atoms with Crippen LogP contribution in [0.15, 0.2) is 36.1 Å². The zero-order valence-corrected chi connectivity index (χ0v) is 12.6. The molecular formula is C13H8F2N6O2S. The topological polar surface area (TPSA) is 106 Å². The molecule has 2 heterocycles. The molecule has 0 aliphatic carbocycles. The van der Waals surface area contributed by atoms with Crippen LogP contribution in [-0.4, -0.2) is 19.9 Å². The van der Waals surface area contributed by atoms with Gasteiger partial charge in [0.25, 0.3) is 0 Å². The number of nitrogens with zero attached hydrogens (tertiary/aromatic N) is 4. The fourth-order valence-electron chi connectivity index (χ4n) is 1.84. The number of hydrogen-bond acceptors (Lipinski definition) is 8. The van der Waals surface area contributed by atoms with Crippen LogP contribution in [-0.2, 0) is 0 Å². The first-order valence-corrected chi connectivity index (χ1v) is 7.30. The number of hydrogen-bond donors (Lipinski definition) is 2. The van der Waals surface area contributed by atoms with Crippen molar-refractivity contribution in [1.29, 1.82) is 0 Å². The third-order valence-corrected chi connectivity index (χ3v) is 3.53. The van der Waals surface area contributed by atoms with Crippen molar-refractivity contribution in [3.63, 3.8) is 0 Å². The number of thiazole rings is 1. The van der Waals surface area contributed by atoms with E-state index in [-0.39, 0.29) is 17.3 Å². The van der Waals surface area contributed by atoms with Crippen LogP contribution in [0.4, 0.5) is 36.9 Å². The first-order chi connectivity index (χ1) is 11.5. The Balaban J connectivity index is 2.01. The van der Waals surface area contributed by atoms with Gasteiger partial charge in [0.2, 0.25) is 11.6 Å². The van der Waals surface area contributed by atoms with E-state index in [0.717, 1.165) is 24.5 Å². The molecule has 0 spiro atoms. The predicted octanol–water partition coefficient (Wildman–Crippen LogP) is 3.61. The van der Waals surface area contributed by atoms with Gasteiger partial charge >= 0.3 is 5.69 Å². The van der Waals surface area contributed by atoms with Gasteiger partial charge in [0.1, 0.15) is 18.0 Å². The van der Waals surface area contributed by atoms with Gasteiger partial charge in [-0.3, -0.25) is 10.1 Å². The molecular weight excluding hydrogens is 342 g/mol. The van der Waals surface area contributed by atoms with Crippen molar-refractivity contribution >= 4 is 39.5 Å². The zero-order chi connectivity index (χ0) is 17.1. The molecule has 0 unspecified atom stereocenters. The Bertz CT molecular complexity index is 890. The van der Waals surface area contributed by atoms with E-state index in [2.05, 4.69) is 25.6 Å². The van der Waals surface area contributed by atoms with Gasteiger partial charge in [-0.25, -0.2) is 23.7 Å². The quantitative estimate of drug-likeness (QED) is 0.535. The average molecular weight is 350 g/mol. The third-order valence-electron chi connectivity index (χ3n) is 2.84. The van der Waals surface area contributed by atoms with Crippen LogP contribution in [0, 0.1) is 21.7 Å². The van der Waals surface area contributed by atoms with Gasteiger partial charge in [0.05, 0.1) is 10.6 Å². The van der Waals surface area contributed by atoms with Gasteiger partial charge in [-0.15, -0.1) is 11.3 Å². The van der Waals surface area contributed by atoms with Crippen molar-refractivity contribution in [3.8, 4) is 0 Å². The molecule has 1 aromatic carbocycles. The van der Waals surface area contributed by atoms with Gasteiger partial charge in [0.15, 0.2) is 5.13 Å². The monoisotopic (exact) mass is 350 g/mol. The summed E-state index contributed by atoms with van der Waals surface area (Å²) >= 11 is 1.22. The van der Waals surface area contributed by atoms with Crippen LogP contribution in [0.1, 0.15) is 0 Å². The molecule has 0 fully saturated rings. The van der Waals surface area contributed by atoms with Gasteiger partial charge < -0.3 is 10.6 Å². The Morgan fingerprint density at radius 2 is 1.88 bits per heavy atom. The molecule has 0 radical (unpaired) electrons. The van der Waals surface area contributed by atoms with E-state index in [1.807, 2.05) is 0 Å². The second-order valence-electron chi connectivity index (χ2n) is 4.39. The molecule has 0 bridgehead atoms. The van der Waals surface area contributed by atoms with Crippen molar-refractivity contribution in [3.05, 3.63) is 57.9 Å². The summed E-state index contributed by atoms with van der Waals surface area (Å²) in [6.07, 6.45) is 2.57. The summed E-state index contributed by atoms with van der Waals surface area (Å²) < 4.78 is 27.0. The fraction of sp³-hybridized carbons (Fsp3) is 0. The minimum atomic E-state index is -0.779. The van der Waals surface area contributed by atoms with Gasteiger partial charge in [-0.1, -0.05) is 0 Å². The van der Waals surface area contributed by atoms with E-state index in [1.54, 1.807) is 5.38 Å². The van der Waals surface area contributed by atoms with Gasteiger partial charge in [-0.05, 0) is 12.1 Å². The molecule has 0 atom stereocenters. The number of anilines is 4. The molecule has 0 saturated carbocycles. The van der Waals surface area contributed by atoms with Crippen molar-refractivity contribution in [2.45, 2.75) is 0 Å². The Morgan fingerprint density at radius 3 is 2.54 bits per heavy atom. The van der Waals surface area contributed by atoms with Crippen molar-refractivity contribution in [2.24, 2.45) is 0 Å². The third kappa shape index (κ3) is 3.25. The predicted molar refractivity (Wildman–Crippen MR) is 83.7 cm³/mol. The molecule has 2 N–H and O–H groups in total. The highest BCUT2D eigenvalue weighted by Crippen LogP contribution is 2.33. The molecule has 2 aromatic heterocycles. The average Bonchev–Trinajstić information content (AvgIpc) is 3.04. The summed E-state index contributed by atoms with van der Waals surface area (Å²) in [5, 5.41) is 18.6. The molecule has 11 heteroatoms. The Hall–Kier alpha value is -3.21. The van der Waals surface area contributed by atoms with Crippen molar-refractivity contribution < 1.29 is 13.7 Å². The summed E-state index contributed by atoms with van der Waals surface area (Å²) in [7, 11) is 0. The van der Waals surface area contributed by atoms with E-state index < -0.39 is 22.2 Å². The first kappa shape index (κ1) is 15.7. The highest BCUT2D eigenvalue weighted by atomic mass is 32.1. The van der Waals surface area contributed by atoms with Crippen LogP contribution >= 0.6 is 11.3 Å². The van der Waals surface area contributed by atoms with Crippen molar-refractivity contribution in [2.75, 3.05) is 10.6 Å². The molecule has 122 valence electrons. The number of halogens is 2. The second kappa shape index (κ2) is 6.50. The van der Waals surface area contributed by atoms with Crippen molar-refractivity contribution in [1.82, 2.24) is 15.0 Å². The Kier molecular flexibility index (Phi) is 4.24. The number of nitro groups is 1. The lowest BCUT2D eigenvalue weighted by atomic mass is 10.3. The van der Waals surface area contributed by atoms with E-state index in [9.17, 15) is 18.9 Å². The maximum atomic E-state index is 13.7. The first-order valence-electron chi connectivity index (χ1n) is 6.42. The van der Waals surface area contributed by atoms with Gasteiger partial charge in [0, 0.05) is 17.6 Å². The molecule has 24 heavy (non-hydrogen) atoms. The molecule has 3 rings (SSSR count). The van der Waals surface area contributed by atoms with Crippen LogP contribution in [0.2, 0.25) is 0 Å². The Labute approximate surface area is 137 Å². The number of rotatable bonds is 5. The van der Waals surface area contributed by atoms with E-state index in [0.29, 0.717) is 5.13 Å². The maximum Gasteiger partial charge on any atom is 0.353 e. The normalized spacial score (nSPS) is 10.4. The summed E-state index contributed by atoms with van der Waals surface area (Å²) in [5.74, 6) is -1.88. The standard InChI is InChI=1S/C13H8F2N6O2S/c14-7-1-2-8(15)9(5-7)19-11-10(21(22)23)12(18-6-17-11)20-13-16-3-4-24-13/h1-6H,(H2,16,17,18,19,20). The number of nitrogens with one attached hydrogen (secondary N) is 2. The summed E-state index contributed by atoms with van der Waals surface area (Å²) in [6.45, 7) is 0. The zero-order valence-electron chi connectivity index (χ0n) is 11.7. The number of aromatic nitrogens is 3. The SMILES string of the molecule is O=[N+]([O-])c1c(Nc2nccs2)ncnc1Nc1cc(F)ccc1F. The Morgan fingerprint density at radius 1 is 1.12 bits per heavy atom. The maximum absolute atomic E-state index is 13.7. The lowest BCUT2D eigenvalue weighted by molar-refractivity contribution is -0.383. The highest BCUT2D eigenvalue weighted by Gasteiger charge is 2.24. The van der Waals surface area contributed by atoms with Crippen LogP contribution < -0.4 is 10.6 Å². The highest BCUT2D eigenvalue weighted by molar-refractivity contribution is 7.13. The molecule has 0 saturated heterocycles.